The number of pyridine rings is 1. The van der Waals surface area contributed by atoms with Gasteiger partial charge in [0.2, 0.25) is 0 Å². The Labute approximate surface area is 193 Å². The van der Waals surface area contributed by atoms with Gasteiger partial charge >= 0.3 is 5.97 Å². The molecule has 0 atom stereocenters. The van der Waals surface area contributed by atoms with Gasteiger partial charge in [0.05, 0.1) is 18.6 Å². The molecule has 32 heavy (non-hydrogen) atoms. The summed E-state index contributed by atoms with van der Waals surface area (Å²) in [5.74, 6) is 0.218. The smallest absolute Gasteiger partial charge is 0.308 e. The summed E-state index contributed by atoms with van der Waals surface area (Å²) in [4.78, 5) is 30.0. The number of nitrogens with zero attached hydrogens (tertiary/aromatic N) is 2. The van der Waals surface area contributed by atoms with E-state index < -0.39 is 0 Å². The molecule has 3 N–H and O–H groups in total. The Morgan fingerprint density at radius 1 is 1.03 bits per heavy atom. The number of anilines is 1. The number of ether oxygens (including phenoxy) is 1. The van der Waals surface area contributed by atoms with Crippen molar-refractivity contribution in [3.05, 3.63) is 23.9 Å². The van der Waals surface area contributed by atoms with Gasteiger partial charge in [-0.25, -0.2) is 4.98 Å². The molecule has 0 spiro atoms. The van der Waals surface area contributed by atoms with Crippen molar-refractivity contribution in [3.8, 4) is 0 Å². The van der Waals surface area contributed by atoms with Crippen molar-refractivity contribution >= 4 is 17.7 Å². The van der Waals surface area contributed by atoms with Gasteiger partial charge in [-0.05, 0) is 57.5 Å². The number of carbonyl (C=O) groups is 2. The van der Waals surface area contributed by atoms with Crippen molar-refractivity contribution in [2.75, 3.05) is 39.0 Å². The molecule has 1 fully saturated rings. The molecule has 0 bridgehead atoms. The topological polar surface area (TPSA) is 97.5 Å². The van der Waals surface area contributed by atoms with Crippen LogP contribution in [0.3, 0.4) is 0 Å². The lowest BCUT2D eigenvalue weighted by molar-refractivity contribution is -0.147. The van der Waals surface area contributed by atoms with E-state index in [1.165, 1.54) is 58.5 Å². The summed E-state index contributed by atoms with van der Waals surface area (Å²) in [6.45, 7) is 3.91. The molecule has 1 aliphatic heterocycles. The second-order valence-electron chi connectivity index (χ2n) is 8.87. The number of unbranched alkanes of at least 4 members (excludes halogenated alkanes) is 9. The number of aromatic nitrogens is 1. The molecular formula is C25H42N4O3. The number of piperidine rings is 1. The van der Waals surface area contributed by atoms with Gasteiger partial charge in [-0.15, -0.1) is 0 Å². The van der Waals surface area contributed by atoms with Crippen molar-refractivity contribution in [1.29, 1.82) is 0 Å². The van der Waals surface area contributed by atoms with Crippen LogP contribution in [-0.2, 0) is 9.53 Å². The number of methoxy groups -OCH3 is 1. The summed E-state index contributed by atoms with van der Waals surface area (Å²) >= 11 is 0. The average molecular weight is 447 g/mol. The highest BCUT2D eigenvalue weighted by Crippen LogP contribution is 2.19. The minimum absolute atomic E-state index is 0.0390. The first-order valence-corrected chi connectivity index (χ1v) is 12.4. The standard InChI is InChI=1S/C25H42N4O3/c1-32-25(31)21-14-19-29(20-15-21)18-11-9-7-5-3-2-4-6-8-10-16-28-24(30)22-13-12-17-27-23(22)26/h12-13,17,21H,2-11,14-16,18-20H2,1H3,(H2,26,27)(H,28,30). The summed E-state index contributed by atoms with van der Waals surface area (Å²) in [6, 6.07) is 3.43. The maximum absolute atomic E-state index is 12.0. The van der Waals surface area contributed by atoms with Gasteiger partial charge in [0, 0.05) is 12.7 Å². The lowest BCUT2D eigenvalue weighted by atomic mass is 9.97. The highest BCUT2D eigenvalue weighted by Gasteiger charge is 2.24. The third-order valence-electron chi connectivity index (χ3n) is 6.39. The summed E-state index contributed by atoms with van der Waals surface area (Å²) in [6.07, 6.45) is 16.0. The Hall–Kier alpha value is -2.15. The number of hydrogen-bond acceptors (Lipinski definition) is 6. The summed E-state index contributed by atoms with van der Waals surface area (Å²) < 4.78 is 4.85. The van der Waals surface area contributed by atoms with E-state index in [2.05, 4.69) is 15.2 Å². The molecule has 0 aromatic carbocycles. The summed E-state index contributed by atoms with van der Waals surface area (Å²) in [5, 5.41) is 2.92. The minimum atomic E-state index is -0.138. The highest BCUT2D eigenvalue weighted by atomic mass is 16.5. The summed E-state index contributed by atoms with van der Waals surface area (Å²) in [5.41, 5.74) is 6.18. The molecule has 0 aliphatic carbocycles. The Kier molecular flexibility index (Phi) is 12.7. The van der Waals surface area contributed by atoms with Crippen LogP contribution in [0.4, 0.5) is 5.82 Å². The van der Waals surface area contributed by atoms with Gasteiger partial charge in [-0.3, -0.25) is 9.59 Å². The third kappa shape index (κ3) is 9.98. The second-order valence-corrected chi connectivity index (χ2v) is 8.87. The van der Waals surface area contributed by atoms with E-state index in [-0.39, 0.29) is 23.6 Å². The monoisotopic (exact) mass is 446 g/mol. The van der Waals surface area contributed by atoms with Gasteiger partial charge < -0.3 is 20.7 Å². The number of nitrogens with two attached hydrogens (primary N) is 1. The number of carbonyl (C=O) groups excluding carboxylic acids is 2. The molecule has 2 heterocycles. The van der Waals surface area contributed by atoms with Crippen LogP contribution in [0.5, 0.6) is 0 Å². The normalized spacial score (nSPS) is 14.9. The zero-order chi connectivity index (χ0) is 23.0. The lowest BCUT2D eigenvalue weighted by Gasteiger charge is -2.30. The number of amides is 1. The van der Waals surface area contributed by atoms with Gasteiger partial charge in [-0.1, -0.05) is 51.4 Å². The van der Waals surface area contributed by atoms with Crippen LogP contribution in [-0.4, -0.2) is 55.0 Å². The van der Waals surface area contributed by atoms with Gasteiger partial charge in [0.1, 0.15) is 5.82 Å². The number of nitrogens with one attached hydrogen (secondary N) is 1. The van der Waals surface area contributed by atoms with Crippen molar-refractivity contribution in [1.82, 2.24) is 15.2 Å². The van der Waals surface area contributed by atoms with Crippen LogP contribution >= 0.6 is 0 Å². The van der Waals surface area contributed by atoms with Crippen LogP contribution in [0, 0.1) is 5.92 Å². The Morgan fingerprint density at radius 2 is 1.62 bits per heavy atom. The quantitative estimate of drug-likeness (QED) is 0.310. The maximum atomic E-state index is 12.0. The van der Waals surface area contributed by atoms with E-state index in [4.69, 9.17) is 10.5 Å². The number of hydrogen-bond donors (Lipinski definition) is 2. The maximum Gasteiger partial charge on any atom is 0.308 e. The van der Waals surface area contributed by atoms with E-state index in [0.29, 0.717) is 12.1 Å². The molecule has 0 radical (unpaired) electrons. The highest BCUT2D eigenvalue weighted by molar-refractivity contribution is 5.98. The summed E-state index contributed by atoms with van der Waals surface area (Å²) in [7, 11) is 1.49. The molecule has 180 valence electrons. The van der Waals surface area contributed by atoms with E-state index in [1.54, 1.807) is 18.3 Å². The van der Waals surface area contributed by atoms with E-state index >= 15 is 0 Å². The van der Waals surface area contributed by atoms with Crippen molar-refractivity contribution < 1.29 is 14.3 Å². The zero-order valence-electron chi connectivity index (χ0n) is 19.8. The predicted octanol–water partition coefficient (Wildman–Crippen LogP) is 4.18. The third-order valence-corrected chi connectivity index (χ3v) is 6.39. The molecule has 0 unspecified atom stereocenters. The van der Waals surface area contributed by atoms with Crippen molar-refractivity contribution in [3.63, 3.8) is 0 Å². The number of rotatable bonds is 15. The average Bonchev–Trinajstić information content (AvgIpc) is 2.82. The number of nitrogen functional groups attached to an aromatic ring is 1. The Morgan fingerprint density at radius 3 is 2.22 bits per heavy atom. The molecule has 1 saturated heterocycles. The lowest BCUT2D eigenvalue weighted by Crippen LogP contribution is -2.37. The molecule has 1 aromatic rings. The molecule has 2 rings (SSSR count). The fraction of sp³-hybridized carbons (Fsp3) is 0.720. The fourth-order valence-electron chi connectivity index (χ4n) is 4.34. The Balaban J connectivity index is 1.33. The van der Waals surface area contributed by atoms with E-state index in [1.807, 2.05) is 0 Å². The van der Waals surface area contributed by atoms with Crippen LogP contribution in [0.15, 0.2) is 18.3 Å². The molecule has 7 heteroatoms. The van der Waals surface area contributed by atoms with Gasteiger partial charge in [0.25, 0.3) is 5.91 Å². The zero-order valence-corrected chi connectivity index (χ0v) is 19.8. The van der Waals surface area contributed by atoms with Crippen molar-refractivity contribution in [2.24, 2.45) is 5.92 Å². The van der Waals surface area contributed by atoms with Crippen molar-refractivity contribution in [2.45, 2.75) is 77.0 Å². The molecule has 7 nitrogen and oxygen atoms in total. The second kappa shape index (κ2) is 15.6. The first kappa shape index (κ1) is 26.1. The Bertz CT molecular complexity index is 675. The first-order chi connectivity index (χ1) is 15.6. The minimum Gasteiger partial charge on any atom is -0.469 e. The largest absolute Gasteiger partial charge is 0.469 e. The SMILES string of the molecule is COC(=O)C1CCN(CCCCCCCCCCCCNC(=O)c2cccnc2N)CC1. The predicted molar refractivity (Wildman–Crippen MR) is 128 cm³/mol. The molecule has 1 aromatic heterocycles. The van der Waals surface area contributed by atoms with E-state index in [0.717, 1.165) is 45.3 Å². The molecular weight excluding hydrogens is 404 g/mol. The van der Waals surface area contributed by atoms with Crippen LogP contribution in [0.25, 0.3) is 0 Å². The van der Waals surface area contributed by atoms with E-state index in [9.17, 15) is 9.59 Å². The fourth-order valence-corrected chi connectivity index (χ4v) is 4.34. The van der Waals surface area contributed by atoms with Gasteiger partial charge in [-0.2, -0.15) is 0 Å². The molecule has 0 saturated carbocycles. The van der Waals surface area contributed by atoms with Gasteiger partial charge in [0.15, 0.2) is 0 Å². The van der Waals surface area contributed by atoms with Crippen LogP contribution < -0.4 is 11.1 Å². The number of esters is 1. The number of likely N-dealkylation sites (tertiary alicyclic amines) is 1. The van der Waals surface area contributed by atoms with Crippen LogP contribution in [0.1, 0.15) is 87.4 Å². The molecule has 1 aliphatic rings. The first-order valence-electron chi connectivity index (χ1n) is 12.4. The van der Waals surface area contributed by atoms with Crippen LogP contribution in [0.2, 0.25) is 0 Å². The molecule has 1 amide bonds.